The number of anilines is 1. The van der Waals surface area contributed by atoms with Crippen LogP contribution >= 0.6 is 23.3 Å². The lowest BCUT2D eigenvalue weighted by Gasteiger charge is -2.44. The van der Waals surface area contributed by atoms with Gasteiger partial charge in [-0.3, -0.25) is 4.79 Å². The molecule has 142 valence electrons. The predicted octanol–water partition coefficient (Wildman–Crippen LogP) is 4.34. The number of thiazole rings is 1. The molecule has 1 fully saturated rings. The number of hydrogen-bond acceptors (Lipinski definition) is 6. The number of rotatable bonds is 2. The molecule has 0 aliphatic carbocycles. The monoisotopic (exact) mass is 394 g/mol. The summed E-state index contributed by atoms with van der Waals surface area (Å²) in [7, 11) is 1.68. The molecule has 0 radical (unpaired) electrons. The summed E-state index contributed by atoms with van der Waals surface area (Å²) < 4.78 is 2.82. The summed E-state index contributed by atoms with van der Waals surface area (Å²) in [6.45, 7) is 10.7. The van der Waals surface area contributed by atoms with Crippen molar-refractivity contribution >= 4 is 44.4 Å². The smallest absolute Gasteiger partial charge is 0.298 e. The molecule has 8 heteroatoms. The average Bonchev–Trinajstić information content (AvgIpc) is 2.93. The van der Waals surface area contributed by atoms with Crippen LogP contribution in [0, 0.1) is 12.1 Å². The highest BCUT2D eigenvalue weighted by molar-refractivity contribution is 8.11. The van der Waals surface area contributed by atoms with E-state index in [4.69, 9.17) is 4.98 Å². The molecule has 0 saturated carbocycles. The van der Waals surface area contributed by atoms with E-state index in [-0.39, 0.29) is 15.3 Å². The van der Waals surface area contributed by atoms with Gasteiger partial charge >= 0.3 is 0 Å². The number of hydrogen-bond donors (Lipinski definition) is 1. The van der Waals surface area contributed by atoms with Crippen LogP contribution in [0.3, 0.4) is 0 Å². The fourth-order valence-electron chi connectivity index (χ4n) is 2.74. The highest BCUT2D eigenvalue weighted by Crippen LogP contribution is 2.34. The number of benzene rings is 1. The van der Waals surface area contributed by atoms with E-state index in [1.54, 1.807) is 18.4 Å². The molecule has 1 aromatic heterocycles. The lowest BCUT2D eigenvalue weighted by Crippen LogP contribution is -2.52. The SMILES string of the molecule is Cc1cc2nc(C(C)(C)C)sc2cc1NC(=O)SN1CC[N+](C)([O-])CC1. The normalized spacial score (nSPS) is 18.2. The molecule has 2 aromatic rings. The van der Waals surface area contributed by atoms with Gasteiger partial charge in [0, 0.05) is 23.1 Å². The number of quaternary nitrogens is 1. The van der Waals surface area contributed by atoms with Gasteiger partial charge in [-0.15, -0.1) is 11.3 Å². The largest absolute Gasteiger partial charge is 0.633 e. The molecular formula is C18H26N4O2S2. The van der Waals surface area contributed by atoms with Crippen molar-refractivity contribution in [3.8, 4) is 0 Å². The molecule has 0 spiro atoms. The van der Waals surface area contributed by atoms with Crippen LogP contribution in [0.15, 0.2) is 12.1 Å². The number of aromatic nitrogens is 1. The lowest BCUT2D eigenvalue weighted by atomic mass is 9.98. The fourth-order valence-corrected chi connectivity index (χ4v) is 4.53. The topological polar surface area (TPSA) is 68.3 Å². The van der Waals surface area contributed by atoms with E-state index in [1.165, 1.54) is 0 Å². The zero-order chi connectivity index (χ0) is 19.1. The minimum absolute atomic E-state index is 0.0136. The molecule has 3 rings (SSSR count). The summed E-state index contributed by atoms with van der Waals surface area (Å²) in [4.78, 5) is 17.1. The van der Waals surface area contributed by atoms with Crippen molar-refractivity contribution in [2.75, 3.05) is 38.5 Å². The maximum atomic E-state index is 12.4. The molecule has 1 aliphatic heterocycles. The third-order valence-electron chi connectivity index (χ3n) is 4.47. The van der Waals surface area contributed by atoms with Crippen LogP contribution in [-0.2, 0) is 5.41 Å². The maximum Gasteiger partial charge on any atom is 0.298 e. The van der Waals surface area contributed by atoms with Crippen LogP contribution in [0.4, 0.5) is 10.5 Å². The number of aryl methyl sites for hydroxylation is 1. The van der Waals surface area contributed by atoms with Crippen LogP contribution in [0.25, 0.3) is 10.2 Å². The van der Waals surface area contributed by atoms with E-state index < -0.39 is 0 Å². The maximum absolute atomic E-state index is 12.4. The van der Waals surface area contributed by atoms with Gasteiger partial charge in [0.25, 0.3) is 5.24 Å². The van der Waals surface area contributed by atoms with Crippen LogP contribution < -0.4 is 5.32 Å². The average molecular weight is 395 g/mol. The summed E-state index contributed by atoms with van der Waals surface area (Å²) in [5, 5.41) is 15.9. The fraction of sp³-hybridized carbons (Fsp3) is 0.556. The quantitative estimate of drug-likeness (QED) is 0.466. The molecule has 1 N–H and O–H groups in total. The van der Waals surface area contributed by atoms with Crippen molar-refractivity contribution in [2.24, 2.45) is 0 Å². The number of piperazine rings is 1. The van der Waals surface area contributed by atoms with Gasteiger partial charge in [0.2, 0.25) is 0 Å². The second-order valence-electron chi connectivity index (χ2n) is 8.08. The van der Waals surface area contributed by atoms with Crippen molar-refractivity contribution in [3.05, 3.63) is 27.9 Å². The molecule has 2 heterocycles. The van der Waals surface area contributed by atoms with Gasteiger partial charge < -0.3 is 15.2 Å². The summed E-state index contributed by atoms with van der Waals surface area (Å²) in [6.07, 6.45) is 0. The number of carbonyl (C=O) groups excluding carboxylic acids is 1. The van der Waals surface area contributed by atoms with E-state index in [9.17, 15) is 10.0 Å². The Morgan fingerprint density at radius 2 is 2.00 bits per heavy atom. The van der Waals surface area contributed by atoms with E-state index in [0.29, 0.717) is 26.2 Å². The lowest BCUT2D eigenvalue weighted by molar-refractivity contribution is -0.864. The van der Waals surface area contributed by atoms with Crippen LogP contribution in [-0.4, -0.2) is 52.4 Å². The predicted molar refractivity (Wildman–Crippen MR) is 111 cm³/mol. The molecule has 0 unspecified atom stereocenters. The molecule has 6 nitrogen and oxygen atoms in total. The Morgan fingerprint density at radius 3 is 2.62 bits per heavy atom. The first kappa shape index (κ1) is 19.6. The third kappa shape index (κ3) is 4.55. The van der Waals surface area contributed by atoms with Gasteiger partial charge in [0.15, 0.2) is 0 Å². The number of nitrogens with one attached hydrogen (secondary N) is 1. The third-order valence-corrected chi connectivity index (χ3v) is 6.80. The highest BCUT2D eigenvalue weighted by Gasteiger charge is 2.24. The minimum Gasteiger partial charge on any atom is -0.633 e. The number of nitrogens with zero attached hydrogens (tertiary/aromatic N) is 3. The summed E-state index contributed by atoms with van der Waals surface area (Å²) >= 11 is 2.84. The van der Waals surface area contributed by atoms with E-state index in [2.05, 4.69) is 26.1 Å². The Morgan fingerprint density at radius 1 is 1.35 bits per heavy atom. The Balaban J connectivity index is 1.70. The number of fused-ring (bicyclic) bond motifs is 1. The Kier molecular flexibility index (Phi) is 5.33. The van der Waals surface area contributed by atoms with E-state index in [1.807, 2.05) is 23.4 Å². The molecule has 0 bridgehead atoms. The van der Waals surface area contributed by atoms with Crippen molar-refractivity contribution in [1.29, 1.82) is 0 Å². The second-order valence-corrected chi connectivity index (χ2v) is 10.2. The highest BCUT2D eigenvalue weighted by atomic mass is 32.2. The standard InChI is InChI=1S/C18H26N4O2S2/c1-12-10-14-15(25-16(19-14)18(2,3)4)11-13(12)20-17(23)26-21-6-8-22(5,24)9-7-21/h10-11H,6-9H2,1-5H3,(H,20,23). The van der Waals surface area contributed by atoms with Crippen LogP contribution in [0.1, 0.15) is 31.3 Å². The number of hydroxylamine groups is 3. The van der Waals surface area contributed by atoms with Crippen molar-refractivity contribution < 1.29 is 9.44 Å². The number of likely N-dealkylation sites (N-methyl/N-ethyl adjacent to an activating group) is 1. The van der Waals surface area contributed by atoms with Gasteiger partial charge in [-0.25, -0.2) is 9.29 Å². The summed E-state index contributed by atoms with van der Waals surface area (Å²) in [6, 6.07) is 4.04. The summed E-state index contributed by atoms with van der Waals surface area (Å²) in [5.41, 5.74) is 2.81. The van der Waals surface area contributed by atoms with Gasteiger partial charge in [-0.05, 0) is 24.6 Å². The first-order valence-corrected chi connectivity index (χ1v) is 10.3. The van der Waals surface area contributed by atoms with E-state index in [0.717, 1.165) is 38.4 Å². The molecule has 1 aliphatic rings. The molecule has 1 saturated heterocycles. The van der Waals surface area contributed by atoms with Gasteiger partial charge in [-0.1, -0.05) is 20.8 Å². The molecule has 26 heavy (non-hydrogen) atoms. The zero-order valence-electron chi connectivity index (χ0n) is 16.0. The number of amides is 1. The van der Waals surface area contributed by atoms with Crippen molar-refractivity contribution in [1.82, 2.24) is 9.29 Å². The van der Waals surface area contributed by atoms with Gasteiger partial charge in [0.05, 0.1) is 48.5 Å². The Labute approximate surface area is 162 Å². The minimum atomic E-state index is -0.226. The molecule has 1 aromatic carbocycles. The van der Waals surface area contributed by atoms with E-state index >= 15 is 0 Å². The zero-order valence-corrected chi connectivity index (χ0v) is 17.6. The second kappa shape index (κ2) is 7.09. The Hall–Kier alpha value is -1.19. The molecule has 1 amide bonds. The van der Waals surface area contributed by atoms with Gasteiger partial charge in [0.1, 0.15) is 0 Å². The van der Waals surface area contributed by atoms with Crippen LogP contribution in [0.5, 0.6) is 0 Å². The summed E-state index contributed by atoms with van der Waals surface area (Å²) in [5.74, 6) is 0. The first-order chi connectivity index (χ1) is 12.0. The number of carbonyl (C=O) groups is 1. The van der Waals surface area contributed by atoms with Gasteiger partial charge in [-0.2, -0.15) is 0 Å². The molecular weight excluding hydrogens is 368 g/mol. The molecule has 0 atom stereocenters. The van der Waals surface area contributed by atoms with Crippen molar-refractivity contribution in [2.45, 2.75) is 33.1 Å². The first-order valence-electron chi connectivity index (χ1n) is 8.75. The van der Waals surface area contributed by atoms with Crippen LogP contribution in [0.2, 0.25) is 0 Å². The van der Waals surface area contributed by atoms with Crippen molar-refractivity contribution in [3.63, 3.8) is 0 Å². The Bertz CT molecular complexity index is 816.